The van der Waals surface area contributed by atoms with E-state index >= 15 is 0 Å². The zero-order chi connectivity index (χ0) is 7.82. The third-order valence-corrected chi connectivity index (χ3v) is 1.62. The second-order valence-corrected chi connectivity index (χ2v) is 2.44. The second-order valence-electron chi connectivity index (χ2n) is 2.13. The van der Waals surface area contributed by atoms with Crippen LogP contribution in [0, 0.1) is 0 Å². The largest absolute Gasteiger partial charge is 0.381 e. The van der Waals surface area contributed by atoms with Crippen LogP contribution in [0.1, 0.15) is 19.8 Å². The highest BCUT2D eigenvalue weighted by molar-refractivity contribution is 6.18. The van der Waals surface area contributed by atoms with E-state index in [1.807, 2.05) is 6.08 Å². The molecule has 0 N–H and O–H groups in total. The predicted molar refractivity (Wildman–Crippen MR) is 45.6 cm³/mol. The van der Waals surface area contributed by atoms with Crippen molar-refractivity contribution in [3.8, 4) is 0 Å². The molecule has 60 valence electrons. The Balaban J connectivity index is 3.34. The molecule has 1 unspecified atom stereocenters. The Kier molecular flexibility index (Phi) is 7.09. The summed E-state index contributed by atoms with van der Waals surface area (Å²) >= 11 is 5.44. The van der Waals surface area contributed by atoms with E-state index < -0.39 is 0 Å². The number of alkyl halides is 1. The molecule has 1 atom stereocenters. The van der Waals surface area contributed by atoms with Crippen LogP contribution in [-0.4, -0.2) is 19.1 Å². The minimum Gasteiger partial charge on any atom is -0.381 e. The number of ether oxygens (including phenoxy) is 1. The molecule has 0 saturated carbocycles. The maximum Gasteiger partial charge on any atom is 0.0603 e. The van der Waals surface area contributed by atoms with Crippen molar-refractivity contribution < 1.29 is 4.74 Å². The van der Waals surface area contributed by atoms with Crippen molar-refractivity contribution >= 4 is 11.6 Å². The Hall–Kier alpha value is -0.0100. The third kappa shape index (κ3) is 4.83. The first-order chi connectivity index (χ1) is 4.85. The molecule has 0 aliphatic heterocycles. The fourth-order valence-electron chi connectivity index (χ4n) is 0.741. The van der Waals surface area contributed by atoms with Crippen LogP contribution < -0.4 is 0 Å². The molecule has 0 aliphatic carbocycles. The lowest BCUT2D eigenvalue weighted by Gasteiger charge is -2.08. The first kappa shape index (κ1) is 9.99. The molecule has 0 spiro atoms. The summed E-state index contributed by atoms with van der Waals surface area (Å²) in [6.45, 7) is 2.11. The molecule has 0 bridgehead atoms. The van der Waals surface area contributed by atoms with Crippen LogP contribution in [0.15, 0.2) is 12.2 Å². The van der Waals surface area contributed by atoms with E-state index in [0.717, 1.165) is 12.8 Å². The minimum absolute atomic E-state index is 0.361. The summed E-state index contributed by atoms with van der Waals surface area (Å²) in [4.78, 5) is 0. The lowest BCUT2D eigenvalue weighted by molar-refractivity contribution is 0.102. The number of methoxy groups -OCH3 is 1. The van der Waals surface area contributed by atoms with Gasteiger partial charge in [-0.3, -0.25) is 0 Å². The van der Waals surface area contributed by atoms with Crippen LogP contribution in [0.4, 0.5) is 0 Å². The molecule has 10 heavy (non-hydrogen) atoms. The van der Waals surface area contributed by atoms with Crippen molar-refractivity contribution in [2.45, 2.75) is 25.9 Å². The molecule has 1 nitrogen and oxygen atoms in total. The quantitative estimate of drug-likeness (QED) is 0.446. The van der Waals surface area contributed by atoms with Crippen molar-refractivity contribution in [3.63, 3.8) is 0 Å². The summed E-state index contributed by atoms with van der Waals surface area (Å²) in [5.41, 5.74) is 0. The molecule has 0 aromatic rings. The summed E-state index contributed by atoms with van der Waals surface area (Å²) in [5, 5.41) is 0. The van der Waals surface area contributed by atoms with Gasteiger partial charge in [-0.15, -0.1) is 11.6 Å². The van der Waals surface area contributed by atoms with E-state index in [-0.39, 0.29) is 0 Å². The standard InChI is InChI=1S/C8H15ClO/c1-3-8(10-2)6-4-5-7-9/h4-5,8H,3,6-7H2,1-2H3. The van der Waals surface area contributed by atoms with Crippen LogP contribution in [0.25, 0.3) is 0 Å². The number of rotatable bonds is 5. The smallest absolute Gasteiger partial charge is 0.0603 e. The first-order valence-corrected chi connectivity index (χ1v) is 4.12. The van der Waals surface area contributed by atoms with E-state index in [1.165, 1.54) is 0 Å². The average Bonchev–Trinajstić information content (AvgIpc) is 1.99. The summed E-state index contributed by atoms with van der Waals surface area (Å²) in [7, 11) is 1.74. The van der Waals surface area contributed by atoms with Gasteiger partial charge >= 0.3 is 0 Å². The van der Waals surface area contributed by atoms with Gasteiger partial charge in [-0.1, -0.05) is 19.1 Å². The summed E-state index contributed by atoms with van der Waals surface area (Å²) in [5.74, 6) is 0.597. The Bertz CT molecular complexity index is 87.3. The predicted octanol–water partition coefficient (Wildman–Crippen LogP) is 2.60. The van der Waals surface area contributed by atoms with Crippen LogP contribution in [0.5, 0.6) is 0 Å². The fraction of sp³-hybridized carbons (Fsp3) is 0.750. The van der Waals surface area contributed by atoms with Crippen LogP contribution in [0.3, 0.4) is 0 Å². The number of allylic oxidation sites excluding steroid dienone is 1. The van der Waals surface area contributed by atoms with Crippen LogP contribution in [-0.2, 0) is 4.74 Å². The highest BCUT2D eigenvalue weighted by Gasteiger charge is 1.98. The van der Waals surface area contributed by atoms with E-state index in [2.05, 4.69) is 13.0 Å². The van der Waals surface area contributed by atoms with Crippen molar-refractivity contribution in [2.24, 2.45) is 0 Å². The number of hydrogen-bond acceptors (Lipinski definition) is 1. The molecule has 0 aliphatic rings. The maximum atomic E-state index is 5.44. The van der Waals surface area contributed by atoms with Gasteiger partial charge < -0.3 is 4.74 Å². The highest BCUT2D eigenvalue weighted by atomic mass is 35.5. The third-order valence-electron chi connectivity index (χ3n) is 1.44. The van der Waals surface area contributed by atoms with Gasteiger partial charge in [-0.25, -0.2) is 0 Å². The Labute approximate surface area is 68.0 Å². The summed E-state index contributed by atoms with van der Waals surface area (Å²) < 4.78 is 5.15. The van der Waals surface area contributed by atoms with Gasteiger partial charge in [0.2, 0.25) is 0 Å². The highest BCUT2D eigenvalue weighted by Crippen LogP contribution is 2.02. The lowest BCUT2D eigenvalue weighted by atomic mass is 10.2. The van der Waals surface area contributed by atoms with Gasteiger partial charge in [-0.05, 0) is 12.8 Å². The van der Waals surface area contributed by atoms with Crippen LogP contribution in [0.2, 0.25) is 0 Å². The lowest BCUT2D eigenvalue weighted by Crippen LogP contribution is -2.06. The van der Waals surface area contributed by atoms with E-state index in [4.69, 9.17) is 16.3 Å². The molecular formula is C8H15ClO. The summed E-state index contributed by atoms with van der Waals surface area (Å²) in [6.07, 6.45) is 6.40. The zero-order valence-electron chi connectivity index (χ0n) is 6.64. The fourth-order valence-corrected chi connectivity index (χ4v) is 0.867. The molecule has 0 saturated heterocycles. The molecule has 2 heteroatoms. The molecule has 0 aromatic carbocycles. The second kappa shape index (κ2) is 7.10. The van der Waals surface area contributed by atoms with E-state index in [9.17, 15) is 0 Å². The average molecular weight is 163 g/mol. The summed E-state index contributed by atoms with van der Waals surface area (Å²) in [6, 6.07) is 0. The van der Waals surface area contributed by atoms with Gasteiger partial charge in [0.1, 0.15) is 0 Å². The number of halogens is 1. The molecule has 0 aromatic heterocycles. The molecular weight excluding hydrogens is 148 g/mol. The maximum absolute atomic E-state index is 5.44. The van der Waals surface area contributed by atoms with Gasteiger partial charge in [0, 0.05) is 13.0 Å². The van der Waals surface area contributed by atoms with E-state index in [0.29, 0.717) is 12.0 Å². The molecule has 0 radical (unpaired) electrons. The van der Waals surface area contributed by atoms with Gasteiger partial charge in [-0.2, -0.15) is 0 Å². The Morgan fingerprint density at radius 1 is 1.50 bits per heavy atom. The van der Waals surface area contributed by atoms with Gasteiger partial charge in [0.15, 0.2) is 0 Å². The monoisotopic (exact) mass is 162 g/mol. The van der Waals surface area contributed by atoms with Gasteiger partial charge in [0.25, 0.3) is 0 Å². The topological polar surface area (TPSA) is 9.23 Å². The Morgan fingerprint density at radius 2 is 2.20 bits per heavy atom. The molecule has 0 amide bonds. The van der Waals surface area contributed by atoms with Crippen molar-refractivity contribution in [3.05, 3.63) is 12.2 Å². The van der Waals surface area contributed by atoms with Crippen LogP contribution >= 0.6 is 11.6 Å². The van der Waals surface area contributed by atoms with Crippen molar-refractivity contribution in [1.29, 1.82) is 0 Å². The molecule has 0 fully saturated rings. The van der Waals surface area contributed by atoms with E-state index in [1.54, 1.807) is 7.11 Å². The SMILES string of the molecule is CCC(CC=CCCl)OC. The van der Waals surface area contributed by atoms with Crippen molar-refractivity contribution in [2.75, 3.05) is 13.0 Å². The van der Waals surface area contributed by atoms with Crippen molar-refractivity contribution in [1.82, 2.24) is 0 Å². The molecule has 0 heterocycles. The Morgan fingerprint density at radius 3 is 2.60 bits per heavy atom. The molecule has 0 rings (SSSR count). The van der Waals surface area contributed by atoms with Gasteiger partial charge in [0.05, 0.1) is 6.10 Å². The normalized spacial score (nSPS) is 14.3. The minimum atomic E-state index is 0.361. The first-order valence-electron chi connectivity index (χ1n) is 3.58. The number of hydrogen-bond donors (Lipinski definition) is 0. The zero-order valence-corrected chi connectivity index (χ0v) is 7.40.